The predicted octanol–water partition coefficient (Wildman–Crippen LogP) is 1.07. The minimum absolute atomic E-state index is 0.0167. The molecule has 1 fully saturated rings. The van der Waals surface area contributed by atoms with Gasteiger partial charge in [-0.2, -0.15) is 0 Å². The SMILES string of the molecule is Cc1occc1C(=O)N[C@@H]1CCCN(c2ncc[nH]c2=O)C1. The van der Waals surface area contributed by atoms with Gasteiger partial charge in [0.2, 0.25) is 0 Å². The first-order valence-corrected chi connectivity index (χ1v) is 7.29. The van der Waals surface area contributed by atoms with E-state index in [9.17, 15) is 9.59 Å². The van der Waals surface area contributed by atoms with E-state index in [1.807, 2.05) is 4.90 Å². The molecule has 7 heteroatoms. The molecule has 1 atom stereocenters. The minimum Gasteiger partial charge on any atom is -0.469 e. The molecule has 1 aliphatic rings. The third kappa shape index (κ3) is 2.88. The average molecular weight is 302 g/mol. The highest BCUT2D eigenvalue weighted by Crippen LogP contribution is 2.15. The van der Waals surface area contributed by atoms with Crippen molar-refractivity contribution in [2.75, 3.05) is 18.0 Å². The summed E-state index contributed by atoms with van der Waals surface area (Å²) in [5.41, 5.74) is 0.341. The number of nitrogens with one attached hydrogen (secondary N) is 2. The van der Waals surface area contributed by atoms with E-state index in [0.717, 1.165) is 19.4 Å². The van der Waals surface area contributed by atoms with Gasteiger partial charge in [0.25, 0.3) is 11.5 Å². The van der Waals surface area contributed by atoms with Crippen LogP contribution in [0.4, 0.5) is 5.82 Å². The Hall–Kier alpha value is -2.57. The van der Waals surface area contributed by atoms with Crippen LogP contribution in [0.25, 0.3) is 0 Å². The van der Waals surface area contributed by atoms with E-state index >= 15 is 0 Å². The van der Waals surface area contributed by atoms with Crippen LogP contribution in [-0.4, -0.2) is 35.0 Å². The third-order valence-electron chi connectivity index (χ3n) is 3.85. The maximum atomic E-state index is 12.2. The lowest BCUT2D eigenvalue weighted by atomic mass is 10.1. The number of amides is 1. The van der Waals surface area contributed by atoms with Gasteiger partial charge in [-0.25, -0.2) is 4.98 Å². The van der Waals surface area contributed by atoms with Gasteiger partial charge in [-0.15, -0.1) is 0 Å². The molecule has 0 aliphatic carbocycles. The molecule has 2 aromatic heterocycles. The highest BCUT2D eigenvalue weighted by Gasteiger charge is 2.24. The van der Waals surface area contributed by atoms with Crippen molar-refractivity contribution in [1.29, 1.82) is 0 Å². The third-order valence-corrected chi connectivity index (χ3v) is 3.85. The van der Waals surface area contributed by atoms with E-state index in [4.69, 9.17) is 4.42 Å². The molecule has 0 unspecified atom stereocenters. The lowest BCUT2D eigenvalue weighted by Crippen LogP contribution is -2.49. The first-order chi connectivity index (χ1) is 10.6. The first-order valence-electron chi connectivity index (χ1n) is 7.29. The molecule has 22 heavy (non-hydrogen) atoms. The van der Waals surface area contributed by atoms with Crippen LogP contribution in [0.2, 0.25) is 0 Å². The lowest BCUT2D eigenvalue weighted by molar-refractivity contribution is 0.0931. The molecule has 116 valence electrons. The number of carbonyl (C=O) groups is 1. The zero-order chi connectivity index (χ0) is 15.5. The maximum absolute atomic E-state index is 12.2. The molecule has 0 aromatic carbocycles. The van der Waals surface area contributed by atoms with Gasteiger partial charge in [0.15, 0.2) is 5.82 Å². The summed E-state index contributed by atoms with van der Waals surface area (Å²) in [6.07, 6.45) is 6.35. The van der Waals surface area contributed by atoms with Crippen LogP contribution in [0.3, 0.4) is 0 Å². The second kappa shape index (κ2) is 6.05. The molecule has 0 bridgehead atoms. The number of furan rings is 1. The van der Waals surface area contributed by atoms with Gasteiger partial charge in [-0.3, -0.25) is 9.59 Å². The van der Waals surface area contributed by atoms with Crippen molar-refractivity contribution in [3.8, 4) is 0 Å². The van der Waals surface area contributed by atoms with Gasteiger partial charge in [0.1, 0.15) is 5.76 Å². The summed E-state index contributed by atoms with van der Waals surface area (Å²) in [6.45, 7) is 3.09. The van der Waals surface area contributed by atoms with E-state index in [1.54, 1.807) is 19.2 Å². The van der Waals surface area contributed by atoms with Crippen molar-refractivity contribution in [3.05, 3.63) is 46.4 Å². The van der Waals surface area contributed by atoms with Crippen molar-refractivity contribution in [3.63, 3.8) is 0 Å². The van der Waals surface area contributed by atoms with Gasteiger partial charge < -0.3 is 19.6 Å². The fourth-order valence-corrected chi connectivity index (χ4v) is 2.74. The fourth-order valence-electron chi connectivity index (χ4n) is 2.74. The van der Waals surface area contributed by atoms with Crippen LogP contribution in [0.1, 0.15) is 29.0 Å². The number of carbonyl (C=O) groups excluding carboxylic acids is 1. The standard InChI is InChI=1S/C15H18N4O3/c1-10-12(4-8-22-10)14(20)18-11-3-2-7-19(9-11)13-15(21)17-6-5-16-13/h4-6,8,11H,2-3,7,9H2,1H3,(H,17,21)(H,18,20)/t11-/m1/s1. The molecule has 3 rings (SSSR count). The average Bonchev–Trinajstić information content (AvgIpc) is 2.94. The summed E-state index contributed by atoms with van der Waals surface area (Å²) in [4.78, 5) is 32.7. The summed E-state index contributed by atoms with van der Waals surface area (Å²) in [5.74, 6) is 0.861. The number of aryl methyl sites for hydroxylation is 1. The molecule has 1 aliphatic heterocycles. The molecule has 2 N–H and O–H groups in total. The molecular formula is C15H18N4O3. The number of rotatable bonds is 3. The molecular weight excluding hydrogens is 284 g/mol. The molecule has 1 saturated heterocycles. The summed E-state index contributed by atoms with van der Waals surface area (Å²) >= 11 is 0. The smallest absolute Gasteiger partial charge is 0.290 e. The van der Waals surface area contributed by atoms with Gasteiger partial charge in [-0.1, -0.05) is 0 Å². The van der Waals surface area contributed by atoms with Crippen LogP contribution >= 0.6 is 0 Å². The molecule has 1 amide bonds. The van der Waals surface area contributed by atoms with E-state index in [2.05, 4.69) is 15.3 Å². The Morgan fingerprint density at radius 2 is 2.41 bits per heavy atom. The van der Waals surface area contributed by atoms with Crippen molar-refractivity contribution in [1.82, 2.24) is 15.3 Å². The highest BCUT2D eigenvalue weighted by molar-refractivity contribution is 5.95. The van der Waals surface area contributed by atoms with Crippen LogP contribution in [0.5, 0.6) is 0 Å². The fraction of sp³-hybridized carbons (Fsp3) is 0.400. The molecule has 0 radical (unpaired) electrons. The monoisotopic (exact) mass is 302 g/mol. The number of aromatic amines is 1. The Bertz CT molecular complexity index is 721. The van der Waals surface area contributed by atoms with Crippen LogP contribution < -0.4 is 15.8 Å². The molecule has 7 nitrogen and oxygen atoms in total. The highest BCUT2D eigenvalue weighted by atomic mass is 16.3. The number of H-pyrrole nitrogens is 1. The van der Waals surface area contributed by atoms with Gasteiger partial charge in [-0.05, 0) is 25.8 Å². The van der Waals surface area contributed by atoms with Crippen molar-refractivity contribution >= 4 is 11.7 Å². The van der Waals surface area contributed by atoms with E-state index < -0.39 is 0 Å². The topological polar surface area (TPSA) is 91.2 Å². The zero-order valence-electron chi connectivity index (χ0n) is 12.3. The van der Waals surface area contributed by atoms with Crippen LogP contribution in [-0.2, 0) is 0 Å². The van der Waals surface area contributed by atoms with Crippen molar-refractivity contribution in [2.24, 2.45) is 0 Å². The van der Waals surface area contributed by atoms with E-state index in [0.29, 0.717) is 23.7 Å². The Balaban J connectivity index is 1.69. The molecule has 2 aromatic rings. The number of aromatic nitrogens is 2. The largest absolute Gasteiger partial charge is 0.469 e. The van der Waals surface area contributed by atoms with Crippen molar-refractivity contribution < 1.29 is 9.21 Å². The number of hydrogen-bond donors (Lipinski definition) is 2. The quantitative estimate of drug-likeness (QED) is 0.885. The van der Waals surface area contributed by atoms with Crippen LogP contribution in [0.15, 0.2) is 33.9 Å². The lowest BCUT2D eigenvalue weighted by Gasteiger charge is -2.33. The van der Waals surface area contributed by atoms with Gasteiger partial charge in [0, 0.05) is 31.5 Å². The Morgan fingerprint density at radius 1 is 1.55 bits per heavy atom. The number of hydrogen-bond acceptors (Lipinski definition) is 5. The second-order valence-corrected chi connectivity index (χ2v) is 5.39. The van der Waals surface area contributed by atoms with Gasteiger partial charge >= 0.3 is 0 Å². The van der Waals surface area contributed by atoms with E-state index in [1.165, 1.54) is 12.5 Å². The van der Waals surface area contributed by atoms with Crippen LogP contribution in [0, 0.1) is 6.92 Å². The first kappa shape index (κ1) is 14.4. The molecule has 0 saturated carbocycles. The number of anilines is 1. The molecule has 3 heterocycles. The summed E-state index contributed by atoms with van der Waals surface area (Å²) < 4.78 is 5.15. The Kier molecular flexibility index (Phi) is 3.95. The Labute approximate surface area is 127 Å². The summed E-state index contributed by atoms with van der Waals surface area (Å²) in [6, 6.07) is 1.64. The second-order valence-electron chi connectivity index (χ2n) is 5.39. The minimum atomic E-state index is -0.208. The van der Waals surface area contributed by atoms with E-state index in [-0.39, 0.29) is 17.5 Å². The normalized spacial score (nSPS) is 18.2. The summed E-state index contributed by atoms with van der Waals surface area (Å²) in [7, 11) is 0. The predicted molar refractivity (Wildman–Crippen MR) is 81.0 cm³/mol. The number of piperidine rings is 1. The number of nitrogens with zero attached hydrogens (tertiary/aromatic N) is 2. The molecule has 0 spiro atoms. The van der Waals surface area contributed by atoms with Crippen molar-refractivity contribution in [2.45, 2.75) is 25.8 Å². The Morgan fingerprint density at radius 3 is 3.14 bits per heavy atom. The van der Waals surface area contributed by atoms with Gasteiger partial charge in [0.05, 0.1) is 11.8 Å². The summed E-state index contributed by atoms with van der Waals surface area (Å²) in [5, 5.41) is 3.00. The zero-order valence-corrected chi connectivity index (χ0v) is 12.3. The maximum Gasteiger partial charge on any atom is 0.290 e.